The van der Waals surface area contributed by atoms with Gasteiger partial charge in [-0.05, 0) is 18.6 Å². The lowest BCUT2D eigenvalue weighted by Crippen LogP contribution is -2.49. The van der Waals surface area contributed by atoms with Gasteiger partial charge < -0.3 is 14.5 Å². The summed E-state index contributed by atoms with van der Waals surface area (Å²) >= 11 is 0. The van der Waals surface area contributed by atoms with E-state index in [0.29, 0.717) is 32.0 Å². The highest BCUT2D eigenvalue weighted by Gasteiger charge is 2.22. The van der Waals surface area contributed by atoms with Crippen LogP contribution in [0.5, 0.6) is 5.88 Å². The molecular formula is C18H22N4O2. The summed E-state index contributed by atoms with van der Waals surface area (Å²) in [6.45, 7) is 5.45. The maximum Gasteiger partial charge on any atom is 0.233 e. The zero-order valence-corrected chi connectivity index (χ0v) is 13.9. The molecule has 1 amide bonds. The van der Waals surface area contributed by atoms with Crippen molar-refractivity contribution in [2.75, 3.05) is 37.7 Å². The Morgan fingerprint density at radius 1 is 1.04 bits per heavy atom. The standard InChI is InChI=1S/C18H22N4O2/c1-2-24-17-9-8-16(19-20-17)21-10-12-22(13-11-21)18(23)14-15-6-4-3-5-7-15/h3-9H,2,10-14H2,1H3. The first kappa shape index (κ1) is 16.2. The number of hydrogen-bond acceptors (Lipinski definition) is 5. The van der Waals surface area contributed by atoms with Gasteiger partial charge in [-0.1, -0.05) is 30.3 Å². The second kappa shape index (κ2) is 7.77. The monoisotopic (exact) mass is 326 g/mol. The minimum absolute atomic E-state index is 0.179. The molecule has 6 nitrogen and oxygen atoms in total. The number of carbonyl (C=O) groups excluding carboxylic acids is 1. The minimum Gasteiger partial charge on any atom is -0.477 e. The second-order valence-electron chi connectivity index (χ2n) is 5.69. The molecule has 6 heteroatoms. The fourth-order valence-electron chi connectivity index (χ4n) is 2.77. The average molecular weight is 326 g/mol. The van der Waals surface area contributed by atoms with Crippen molar-refractivity contribution in [1.29, 1.82) is 0 Å². The lowest BCUT2D eigenvalue weighted by molar-refractivity contribution is -0.130. The van der Waals surface area contributed by atoms with Gasteiger partial charge in [0.25, 0.3) is 0 Å². The van der Waals surface area contributed by atoms with E-state index in [0.717, 1.165) is 24.5 Å². The number of nitrogens with zero attached hydrogens (tertiary/aromatic N) is 4. The molecule has 1 aliphatic heterocycles. The van der Waals surface area contributed by atoms with Gasteiger partial charge in [-0.25, -0.2) is 0 Å². The third-order valence-electron chi connectivity index (χ3n) is 4.07. The number of anilines is 1. The Hall–Kier alpha value is -2.63. The third kappa shape index (κ3) is 4.01. The molecule has 0 bridgehead atoms. The predicted octanol–water partition coefficient (Wildman–Crippen LogP) is 1.77. The van der Waals surface area contributed by atoms with E-state index in [1.54, 1.807) is 0 Å². The van der Waals surface area contributed by atoms with Crippen LogP contribution < -0.4 is 9.64 Å². The molecule has 1 fully saturated rings. The molecule has 24 heavy (non-hydrogen) atoms. The Bertz CT molecular complexity index is 652. The van der Waals surface area contributed by atoms with Gasteiger partial charge in [0, 0.05) is 32.2 Å². The molecule has 1 saturated heterocycles. The summed E-state index contributed by atoms with van der Waals surface area (Å²) in [7, 11) is 0. The average Bonchev–Trinajstić information content (AvgIpc) is 2.64. The second-order valence-corrected chi connectivity index (χ2v) is 5.69. The van der Waals surface area contributed by atoms with Crippen LogP contribution in [0.2, 0.25) is 0 Å². The summed E-state index contributed by atoms with van der Waals surface area (Å²) in [4.78, 5) is 16.5. The van der Waals surface area contributed by atoms with Crippen molar-refractivity contribution in [3.8, 4) is 5.88 Å². The molecule has 1 aromatic carbocycles. The number of carbonyl (C=O) groups is 1. The lowest BCUT2D eigenvalue weighted by atomic mass is 10.1. The van der Waals surface area contributed by atoms with Crippen LogP contribution in [0, 0.1) is 0 Å². The molecule has 0 saturated carbocycles. The summed E-state index contributed by atoms with van der Waals surface area (Å²) in [6, 6.07) is 13.6. The number of amides is 1. The van der Waals surface area contributed by atoms with Crippen LogP contribution in [0.3, 0.4) is 0 Å². The number of aromatic nitrogens is 2. The van der Waals surface area contributed by atoms with E-state index in [1.165, 1.54) is 0 Å². The van der Waals surface area contributed by atoms with Gasteiger partial charge in [-0.15, -0.1) is 10.2 Å². The van der Waals surface area contributed by atoms with Crippen LogP contribution in [0.25, 0.3) is 0 Å². The van der Waals surface area contributed by atoms with Crippen molar-refractivity contribution in [2.24, 2.45) is 0 Å². The zero-order valence-electron chi connectivity index (χ0n) is 13.9. The van der Waals surface area contributed by atoms with Crippen LogP contribution in [-0.2, 0) is 11.2 Å². The number of rotatable bonds is 5. The van der Waals surface area contributed by atoms with Crippen molar-refractivity contribution in [3.63, 3.8) is 0 Å². The molecule has 2 heterocycles. The number of benzene rings is 1. The molecule has 0 unspecified atom stereocenters. The molecule has 0 spiro atoms. The number of ether oxygens (including phenoxy) is 1. The maximum atomic E-state index is 12.4. The molecule has 1 aromatic heterocycles. The van der Waals surface area contributed by atoms with Crippen molar-refractivity contribution in [2.45, 2.75) is 13.3 Å². The molecular weight excluding hydrogens is 304 g/mol. The normalized spacial score (nSPS) is 14.5. The highest BCUT2D eigenvalue weighted by Crippen LogP contribution is 2.16. The number of hydrogen-bond donors (Lipinski definition) is 0. The van der Waals surface area contributed by atoms with Gasteiger partial charge in [-0.3, -0.25) is 4.79 Å². The van der Waals surface area contributed by atoms with E-state index in [1.807, 2.05) is 54.3 Å². The topological polar surface area (TPSA) is 58.6 Å². The predicted molar refractivity (Wildman–Crippen MR) is 92.1 cm³/mol. The highest BCUT2D eigenvalue weighted by molar-refractivity contribution is 5.79. The van der Waals surface area contributed by atoms with Crippen LogP contribution >= 0.6 is 0 Å². The van der Waals surface area contributed by atoms with Gasteiger partial charge in [0.05, 0.1) is 13.0 Å². The summed E-state index contributed by atoms with van der Waals surface area (Å²) in [5, 5.41) is 8.27. The van der Waals surface area contributed by atoms with Gasteiger partial charge in [0.2, 0.25) is 11.8 Å². The van der Waals surface area contributed by atoms with Crippen LogP contribution in [0.4, 0.5) is 5.82 Å². The zero-order chi connectivity index (χ0) is 16.8. The SMILES string of the molecule is CCOc1ccc(N2CCN(C(=O)Cc3ccccc3)CC2)nn1. The Morgan fingerprint density at radius 3 is 2.42 bits per heavy atom. The quantitative estimate of drug-likeness (QED) is 0.838. The summed E-state index contributed by atoms with van der Waals surface area (Å²) in [5.74, 6) is 1.55. The van der Waals surface area contributed by atoms with Crippen molar-refractivity contribution < 1.29 is 9.53 Å². The van der Waals surface area contributed by atoms with E-state index >= 15 is 0 Å². The maximum absolute atomic E-state index is 12.4. The van der Waals surface area contributed by atoms with E-state index in [4.69, 9.17) is 4.74 Å². The molecule has 0 atom stereocenters. The van der Waals surface area contributed by atoms with Crippen LogP contribution in [0.1, 0.15) is 12.5 Å². The molecule has 2 aromatic rings. The summed E-state index contributed by atoms with van der Waals surface area (Å²) < 4.78 is 5.31. The van der Waals surface area contributed by atoms with Gasteiger partial charge in [0.1, 0.15) is 0 Å². The Morgan fingerprint density at radius 2 is 1.79 bits per heavy atom. The smallest absolute Gasteiger partial charge is 0.233 e. The minimum atomic E-state index is 0.179. The Balaban J connectivity index is 1.52. The molecule has 1 aliphatic rings. The third-order valence-corrected chi connectivity index (χ3v) is 4.07. The molecule has 3 rings (SSSR count). The summed E-state index contributed by atoms with van der Waals surface area (Å²) in [6.07, 6.45) is 0.462. The number of piperazine rings is 1. The first-order valence-corrected chi connectivity index (χ1v) is 8.29. The Labute approximate surface area is 142 Å². The molecule has 0 N–H and O–H groups in total. The largest absolute Gasteiger partial charge is 0.477 e. The highest BCUT2D eigenvalue weighted by atomic mass is 16.5. The molecule has 126 valence electrons. The van der Waals surface area contributed by atoms with Crippen LogP contribution in [-0.4, -0.2) is 53.8 Å². The summed E-state index contributed by atoms with van der Waals surface area (Å²) in [5.41, 5.74) is 1.06. The van der Waals surface area contributed by atoms with Gasteiger partial charge >= 0.3 is 0 Å². The molecule has 0 radical (unpaired) electrons. The van der Waals surface area contributed by atoms with Crippen molar-refractivity contribution in [1.82, 2.24) is 15.1 Å². The van der Waals surface area contributed by atoms with E-state index < -0.39 is 0 Å². The van der Waals surface area contributed by atoms with Gasteiger partial charge in [0.15, 0.2) is 5.82 Å². The van der Waals surface area contributed by atoms with E-state index in [-0.39, 0.29) is 5.91 Å². The molecule has 0 aliphatic carbocycles. The Kier molecular flexibility index (Phi) is 5.25. The fraction of sp³-hybridized carbons (Fsp3) is 0.389. The lowest BCUT2D eigenvalue weighted by Gasteiger charge is -2.35. The van der Waals surface area contributed by atoms with Crippen molar-refractivity contribution >= 4 is 11.7 Å². The van der Waals surface area contributed by atoms with E-state index in [9.17, 15) is 4.79 Å². The fourth-order valence-corrected chi connectivity index (χ4v) is 2.77. The van der Waals surface area contributed by atoms with Crippen LogP contribution in [0.15, 0.2) is 42.5 Å². The van der Waals surface area contributed by atoms with E-state index in [2.05, 4.69) is 15.1 Å². The first-order valence-electron chi connectivity index (χ1n) is 8.29. The first-order chi connectivity index (χ1) is 11.8. The van der Waals surface area contributed by atoms with Crippen molar-refractivity contribution in [3.05, 3.63) is 48.0 Å². The van der Waals surface area contributed by atoms with Gasteiger partial charge in [-0.2, -0.15) is 0 Å².